The van der Waals surface area contributed by atoms with Crippen molar-refractivity contribution in [3.05, 3.63) is 21.9 Å². The van der Waals surface area contributed by atoms with Crippen molar-refractivity contribution in [2.24, 2.45) is 0 Å². The molecule has 1 rings (SSSR count). The number of unbranched alkanes of at least 4 members (excludes halogenated alkanes) is 1. The van der Waals surface area contributed by atoms with Crippen LogP contribution in [0.3, 0.4) is 0 Å². The van der Waals surface area contributed by atoms with Crippen LogP contribution in [0.4, 0.5) is 4.79 Å². The third-order valence-corrected chi connectivity index (χ3v) is 3.32. The quantitative estimate of drug-likeness (QED) is 0.664. The highest BCUT2D eigenvalue weighted by Gasteiger charge is 2.02. The molecular weight excluding hydrogens is 252 g/mol. The van der Waals surface area contributed by atoms with Crippen molar-refractivity contribution < 1.29 is 14.7 Å². The van der Waals surface area contributed by atoms with Crippen LogP contribution in [0.15, 0.2) is 12.1 Å². The standard InChI is InChI=1S/C12H18N2O3S/c1-9-5-6-10(18-9)8-14-12(17)13-7-3-2-4-11(15)16/h5-6H,2-4,7-8H2,1H3,(H,15,16)(H2,13,14,17). The second-order valence-corrected chi connectivity index (χ2v) is 5.35. The Morgan fingerprint density at radius 2 is 2.06 bits per heavy atom. The first-order chi connectivity index (χ1) is 8.58. The van der Waals surface area contributed by atoms with E-state index >= 15 is 0 Å². The minimum absolute atomic E-state index is 0.151. The molecule has 0 spiro atoms. The first kappa shape index (κ1) is 14.5. The highest BCUT2D eigenvalue weighted by molar-refractivity contribution is 7.11. The number of carboxylic acids is 1. The molecule has 5 nitrogen and oxygen atoms in total. The zero-order valence-electron chi connectivity index (χ0n) is 10.4. The molecule has 2 amide bonds. The number of aryl methyl sites for hydroxylation is 1. The normalized spacial score (nSPS) is 10.1. The number of urea groups is 1. The van der Waals surface area contributed by atoms with Crippen LogP contribution in [0.2, 0.25) is 0 Å². The summed E-state index contributed by atoms with van der Waals surface area (Å²) in [6.45, 7) is 3.05. The summed E-state index contributed by atoms with van der Waals surface area (Å²) < 4.78 is 0. The molecule has 6 heteroatoms. The minimum atomic E-state index is -0.799. The molecule has 0 aliphatic heterocycles. The molecule has 100 valence electrons. The molecule has 0 saturated carbocycles. The van der Waals surface area contributed by atoms with Gasteiger partial charge in [0.05, 0.1) is 6.54 Å². The van der Waals surface area contributed by atoms with E-state index < -0.39 is 5.97 Å². The van der Waals surface area contributed by atoms with E-state index in [0.717, 1.165) is 4.88 Å². The van der Waals surface area contributed by atoms with Gasteiger partial charge in [0.1, 0.15) is 0 Å². The summed E-state index contributed by atoms with van der Waals surface area (Å²) in [4.78, 5) is 24.0. The van der Waals surface area contributed by atoms with Gasteiger partial charge in [0.2, 0.25) is 0 Å². The number of carboxylic acid groups (broad SMARTS) is 1. The Labute approximate surface area is 110 Å². The monoisotopic (exact) mass is 270 g/mol. The summed E-state index contributed by atoms with van der Waals surface area (Å²) in [6.07, 6.45) is 1.41. The molecule has 3 N–H and O–H groups in total. The zero-order valence-corrected chi connectivity index (χ0v) is 11.2. The van der Waals surface area contributed by atoms with E-state index in [0.29, 0.717) is 25.9 Å². The predicted molar refractivity (Wildman–Crippen MR) is 70.8 cm³/mol. The van der Waals surface area contributed by atoms with Crippen molar-refractivity contribution >= 4 is 23.3 Å². The van der Waals surface area contributed by atoms with Crippen LogP contribution in [0.25, 0.3) is 0 Å². The molecule has 1 heterocycles. The minimum Gasteiger partial charge on any atom is -0.481 e. The summed E-state index contributed by atoms with van der Waals surface area (Å²) in [5.41, 5.74) is 0. The molecule has 0 atom stereocenters. The van der Waals surface area contributed by atoms with Crippen LogP contribution < -0.4 is 10.6 Å². The summed E-state index contributed by atoms with van der Waals surface area (Å²) in [5, 5.41) is 13.9. The van der Waals surface area contributed by atoms with Crippen LogP contribution in [-0.2, 0) is 11.3 Å². The first-order valence-electron chi connectivity index (χ1n) is 5.87. The molecule has 0 saturated heterocycles. The van der Waals surface area contributed by atoms with E-state index in [1.807, 2.05) is 19.1 Å². The van der Waals surface area contributed by atoms with Crippen LogP contribution in [-0.4, -0.2) is 23.7 Å². The van der Waals surface area contributed by atoms with Gasteiger partial charge in [-0.2, -0.15) is 0 Å². The smallest absolute Gasteiger partial charge is 0.315 e. The number of amides is 2. The molecule has 0 aromatic carbocycles. The van der Waals surface area contributed by atoms with Gasteiger partial charge in [-0.1, -0.05) is 0 Å². The number of carbonyl (C=O) groups excluding carboxylic acids is 1. The SMILES string of the molecule is Cc1ccc(CNC(=O)NCCCCC(=O)O)s1. The Kier molecular flexibility index (Phi) is 6.21. The van der Waals surface area contributed by atoms with Crippen molar-refractivity contribution in [2.75, 3.05) is 6.54 Å². The van der Waals surface area contributed by atoms with Crippen LogP contribution >= 0.6 is 11.3 Å². The van der Waals surface area contributed by atoms with E-state index in [9.17, 15) is 9.59 Å². The Morgan fingerprint density at radius 3 is 2.67 bits per heavy atom. The van der Waals surface area contributed by atoms with Gasteiger partial charge in [0.25, 0.3) is 0 Å². The highest BCUT2D eigenvalue weighted by Crippen LogP contribution is 2.14. The number of aliphatic carboxylic acids is 1. The van der Waals surface area contributed by atoms with Crippen molar-refractivity contribution in [1.29, 1.82) is 0 Å². The van der Waals surface area contributed by atoms with E-state index in [2.05, 4.69) is 10.6 Å². The van der Waals surface area contributed by atoms with Crippen molar-refractivity contribution in [2.45, 2.75) is 32.7 Å². The summed E-state index contributed by atoms with van der Waals surface area (Å²) in [5.74, 6) is -0.799. The Bertz CT molecular complexity index is 404. The van der Waals surface area contributed by atoms with Crippen LogP contribution in [0.5, 0.6) is 0 Å². The summed E-state index contributed by atoms with van der Waals surface area (Å²) in [7, 11) is 0. The van der Waals surface area contributed by atoms with Crippen molar-refractivity contribution in [3.8, 4) is 0 Å². The fraction of sp³-hybridized carbons (Fsp3) is 0.500. The molecule has 0 unspecified atom stereocenters. The van der Waals surface area contributed by atoms with Crippen LogP contribution in [0.1, 0.15) is 29.0 Å². The van der Waals surface area contributed by atoms with Crippen LogP contribution in [0, 0.1) is 6.92 Å². The molecule has 0 aliphatic carbocycles. The highest BCUT2D eigenvalue weighted by atomic mass is 32.1. The number of nitrogens with one attached hydrogen (secondary N) is 2. The van der Waals surface area contributed by atoms with Gasteiger partial charge in [-0.05, 0) is 31.9 Å². The van der Waals surface area contributed by atoms with Gasteiger partial charge >= 0.3 is 12.0 Å². The lowest BCUT2D eigenvalue weighted by Crippen LogP contribution is -2.35. The molecule has 0 bridgehead atoms. The number of hydrogen-bond donors (Lipinski definition) is 3. The Morgan fingerprint density at radius 1 is 1.28 bits per heavy atom. The van der Waals surface area contributed by atoms with Gasteiger partial charge in [-0.15, -0.1) is 11.3 Å². The average Bonchev–Trinajstić information content (AvgIpc) is 2.71. The third-order valence-electron chi connectivity index (χ3n) is 2.32. The fourth-order valence-electron chi connectivity index (χ4n) is 1.41. The predicted octanol–water partition coefficient (Wildman–Crippen LogP) is 2.11. The number of rotatable bonds is 7. The Hall–Kier alpha value is -1.56. The maximum Gasteiger partial charge on any atom is 0.315 e. The second-order valence-electron chi connectivity index (χ2n) is 3.97. The zero-order chi connectivity index (χ0) is 13.4. The average molecular weight is 270 g/mol. The van der Waals surface area contributed by atoms with Gasteiger partial charge in [-0.25, -0.2) is 4.79 Å². The Balaban J connectivity index is 2.05. The number of thiophene rings is 1. The lowest BCUT2D eigenvalue weighted by atomic mass is 10.2. The lowest BCUT2D eigenvalue weighted by molar-refractivity contribution is -0.137. The molecule has 1 aromatic rings. The number of carbonyl (C=O) groups is 2. The van der Waals surface area contributed by atoms with E-state index in [-0.39, 0.29) is 12.5 Å². The molecule has 0 aliphatic rings. The molecular formula is C12H18N2O3S. The van der Waals surface area contributed by atoms with Gasteiger partial charge < -0.3 is 15.7 Å². The van der Waals surface area contributed by atoms with E-state index in [4.69, 9.17) is 5.11 Å². The van der Waals surface area contributed by atoms with E-state index in [1.165, 1.54) is 4.88 Å². The van der Waals surface area contributed by atoms with Gasteiger partial charge in [-0.3, -0.25) is 4.79 Å². The molecule has 18 heavy (non-hydrogen) atoms. The first-order valence-corrected chi connectivity index (χ1v) is 6.68. The van der Waals surface area contributed by atoms with Gasteiger partial charge in [0.15, 0.2) is 0 Å². The summed E-state index contributed by atoms with van der Waals surface area (Å²) in [6, 6.07) is 3.80. The second kappa shape index (κ2) is 7.71. The maximum atomic E-state index is 11.4. The van der Waals surface area contributed by atoms with E-state index in [1.54, 1.807) is 11.3 Å². The maximum absolute atomic E-state index is 11.4. The lowest BCUT2D eigenvalue weighted by Gasteiger charge is -2.06. The largest absolute Gasteiger partial charge is 0.481 e. The van der Waals surface area contributed by atoms with Crippen molar-refractivity contribution in [3.63, 3.8) is 0 Å². The molecule has 0 radical (unpaired) electrons. The molecule has 1 aromatic heterocycles. The third kappa shape index (κ3) is 6.24. The fourth-order valence-corrected chi connectivity index (χ4v) is 2.24. The topological polar surface area (TPSA) is 78.4 Å². The van der Waals surface area contributed by atoms with Gasteiger partial charge in [0, 0.05) is 22.7 Å². The van der Waals surface area contributed by atoms with Crippen molar-refractivity contribution in [1.82, 2.24) is 10.6 Å². The molecule has 0 fully saturated rings. The summed E-state index contributed by atoms with van der Waals surface area (Å²) >= 11 is 1.66. The number of hydrogen-bond acceptors (Lipinski definition) is 3.